The molecular weight excluding hydrogens is 328 g/mol. The van der Waals surface area contributed by atoms with E-state index in [1.807, 2.05) is 30.3 Å². The molecule has 1 saturated heterocycles. The van der Waals surface area contributed by atoms with Crippen LogP contribution in [-0.2, 0) is 9.47 Å². The van der Waals surface area contributed by atoms with Gasteiger partial charge < -0.3 is 24.8 Å². The van der Waals surface area contributed by atoms with Gasteiger partial charge in [-0.15, -0.1) is 0 Å². The van der Waals surface area contributed by atoms with Gasteiger partial charge in [0, 0.05) is 5.56 Å². The first kappa shape index (κ1) is 17.4. The zero-order valence-corrected chi connectivity index (χ0v) is 13.4. The van der Waals surface area contributed by atoms with E-state index in [-0.39, 0.29) is 11.5 Å². The molecule has 2 aromatic rings. The summed E-state index contributed by atoms with van der Waals surface area (Å²) in [5.74, 6) is -0.628. The monoisotopic (exact) mass is 346 g/mol. The van der Waals surface area contributed by atoms with Crippen molar-refractivity contribution in [2.75, 3.05) is 13.7 Å². The lowest BCUT2D eigenvalue weighted by molar-refractivity contribution is -0.0253. The van der Waals surface area contributed by atoms with Crippen LogP contribution in [0.5, 0.6) is 0 Å². The van der Waals surface area contributed by atoms with E-state index in [1.165, 1.54) is 13.2 Å². The first-order chi connectivity index (χ1) is 12.0. The third-order valence-electron chi connectivity index (χ3n) is 4.00. The van der Waals surface area contributed by atoms with Crippen molar-refractivity contribution in [3.05, 3.63) is 47.9 Å². The maximum atomic E-state index is 11.9. The Morgan fingerprint density at radius 1 is 1.20 bits per heavy atom. The lowest BCUT2D eigenvalue weighted by atomic mass is 10.1. The van der Waals surface area contributed by atoms with Crippen molar-refractivity contribution in [1.82, 2.24) is 9.97 Å². The molecule has 1 aliphatic heterocycles. The van der Waals surface area contributed by atoms with E-state index in [9.17, 15) is 20.1 Å². The summed E-state index contributed by atoms with van der Waals surface area (Å²) >= 11 is 0. The second-order valence-corrected chi connectivity index (χ2v) is 5.61. The Bertz CT molecular complexity index is 754. The van der Waals surface area contributed by atoms with Gasteiger partial charge in [0.1, 0.15) is 24.4 Å². The number of hydrogen-bond acceptors (Lipinski definition) is 8. The zero-order valence-electron chi connectivity index (χ0n) is 13.4. The van der Waals surface area contributed by atoms with E-state index < -0.39 is 37.0 Å². The third-order valence-corrected chi connectivity index (χ3v) is 4.00. The van der Waals surface area contributed by atoms with Crippen molar-refractivity contribution in [3.8, 4) is 11.3 Å². The molecule has 2 heterocycles. The third kappa shape index (κ3) is 3.38. The highest BCUT2D eigenvalue weighted by Gasteiger charge is 2.44. The van der Waals surface area contributed by atoms with Gasteiger partial charge in [-0.25, -0.2) is 14.8 Å². The van der Waals surface area contributed by atoms with Gasteiger partial charge in [0.2, 0.25) is 0 Å². The van der Waals surface area contributed by atoms with Crippen LogP contribution in [0.15, 0.2) is 36.4 Å². The molecule has 1 aromatic heterocycles. The molecule has 0 aliphatic carbocycles. The van der Waals surface area contributed by atoms with E-state index in [0.717, 1.165) is 5.56 Å². The summed E-state index contributed by atoms with van der Waals surface area (Å²) in [7, 11) is 1.23. The largest absolute Gasteiger partial charge is 0.464 e. The van der Waals surface area contributed by atoms with E-state index in [2.05, 4.69) is 9.97 Å². The van der Waals surface area contributed by atoms with Crippen LogP contribution in [0, 0.1) is 0 Å². The van der Waals surface area contributed by atoms with Gasteiger partial charge in [-0.1, -0.05) is 30.3 Å². The quantitative estimate of drug-likeness (QED) is 0.666. The summed E-state index contributed by atoms with van der Waals surface area (Å²) in [6.07, 6.45) is -4.63. The number of aliphatic hydroxyl groups excluding tert-OH is 3. The number of carbonyl (C=O) groups excluding carboxylic acids is 1. The Morgan fingerprint density at radius 3 is 2.52 bits per heavy atom. The molecular formula is C17H18N2O6. The van der Waals surface area contributed by atoms with Crippen LogP contribution in [-0.4, -0.2) is 63.3 Å². The van der Waals surface area contributed by atoms with Crippen LogP contribution in [0.4, 0.5) is 0 Å². The number of aromatic nitrogens is 2. The van der Waals surface area contributed by atoms with Crippen molar-refractivity contribution in [3.63, 3.8) is 0 Å². The van der Waals surface area contributed by atoms with Crippen LogP contribution >= 0.6 is 0 Å². The Morgan fingerprint density at radius 2 is 1.92 bits per heavy atom. The Kier molecular flexibility index (Phi) is 5.05. The molecule has 4 atom stereocenters. The molecule has 3 rings (SSSR count). The van der Waals surface area contributed by atoms with Gasteiger partial charge in [-0.3, -0.25) is 0 Å². The van der Waals surface area contributed by atoms with Crippen molar-refractivity contribution in [2.24, 2.45) is 0 Å². The smallest absolute Gasteiger partial charge is 0.356 e. The van der Waals surface area contributed by atoms with Crippen molar-refractivity contribution in [2.45, 2.75) is 24.4 Å². The number of aliphatic hydroxyl groups is 3. The van der Waals surface area contributed by atoms with E-state index in [0.29, 0.717) is 5.69 Å². The average molecular weight is 346 g/mol. The number of nitrogens with zero attached hydrogens (tertiary/aromatic N) is 2. The van der Waals surface area contributed by atoms with E-state index in [1.54, 1.807) is 0 Å². The minimum atomic E-state index is -1.33. The Labute approximate surface area is 143 Å². The second-order valence-electron chi connectivity index (χ2n) is 5.61. The van der Waals surface area contributed by atoms with Crippen LogP contribution in [0.3, 0.4) is 0 Å². The lowest BCUT2D eigenvalue weighted by Gasteiger charge is -2.15. The Hall–Kier alpha value is -2.39. The first-order valence-corrected chi connectivity index (χ1v) is 7.70. The molecule has 0 radical (unpaired) electrons. The van der Waals surface area contributed by atoms with Gasteiger partial charge in [0.05, 0.1) is 19.4 Å². The topological polar surface area (TPSA) is 122 Å². The van der Waals surface area contributed by atoms with Crippen LogP contribution < -0.4 is 0 Å². The molecule has 0 unspecified atom stereocenters. The fourth-order valence-corrected chi connectivity index (χ4v) is 2.67. The second kappa shape index (κ2) is 7.24. The van der Waals surface area contributed by atoms with Gasteiger partial charge in [-0.2, -0.15) is 0 Å². The number of carbonyl (C=O) groups is 1. The molecule has 3 N–H and O–H groups in total. The highest BCUT2D eigenvalue weighted by Crippen LogP contribution is 2.33. The Balaban J connectivity index is 2.06. The summed E-state index contributed by atoms with van der Waals surface area (Å²) in [5, 5.41) is 29.3. The van der Waals surface area contributed by atoms with Gasteiger partial charge in [-0.05, 0) is 6.07 Å². The van der Waals surface area contributed by atoms with Gasteiger partial charge in [0.25, 0.3) is 0 Å². The van der Waals surface area contributed by atoms with Crippen LogP contribution in [0.25, 0.3) is 11.3 Å². The summed E-state index contributed by atoms with van der Waals surface area (Å²) in [4.78, 5) is 20.4. The summed E-state index contributed by atoms with van der Waals surface area (Å²) in [5.41, 5.74) is 1.19. The molecule has 0 saturated carbocycles. The van der Waals surface area contributed by atoms with Crippen molar-refractivity contribution >= 4 is 5.97 Å². The molecule has 1 aliphatic rings. The molecule has 0 amide bonds. The maximum Gasteiger partial charge on any atom is 0.356 e. The SMILES string of the molecule is COC(=O)c1cc(-c2ccccc2)nc([C@@H]2O[C@H](CO)[C@@H](O)[C@H]2O)n1. The first-order valence-electron chi connectivity index (χ1n) is 7.70. The maximum absolute atomic E-state index is 11.9. The number of rotatable bonds is 4. The predicted octanol–water partition coefficient (Wildman–Crippen LogP) is 0.0842. The molecule has 132 valence electrons. The summed E-state index contributed by atoms with van der Waals surface area (Å²) in [6, 6.07) is 10.6. The highest BCUT2D eigenvalue weighted by atomic mass is 16.6. The molecule has 8 nitrogen and oxygen atoms in total. The molecule has 8 heteroatoms. The van der Waals surface area contributed by atoms with Crippen molar-refractivity contribution in [1.29, 1.82) is 0 Å². The molecule has 0 bridgehead atoms. The summed E-state index contributed by atoms with van der Waals surface area (Å²) in [6.45, 7) is -0.461. The highest BCUT2D eigenvalue weighted by molar-refractivity contribution is 5.88. The van der Waals surface area contributed by atoms with E-state index in [4.69, 9.17) is 9.47 Å². The van der Waals surface area contributed by atoms with Crippen molar-refractivity contribution < 1.29 is 29.6 Å². The minimum absolute atomic E-state index is 0.00379. The number of hydrogen-bond donors (Lipinski definition) is 3. The predicted molar refractivity (Wildman–Crippen MR) is 85.5 cm³/mol. The number of ether oxygens (including phenoxy) is 2. The average Bonchev–Trinajstić information content (AvgIpc) is 2.96. The molecule has 1 aromatic carbocycles. The number of esters is 1. The fraction of sp³-hybridized carbons (Fsp3) is 0.353. The fourth-order valence-electron chi connectivity index (χ4n) is 2.67. The number of benzene rings is 1. The van der Waals surface area contributed by atoms with Crippen LogP contribution in [0.2, 0.25) is 0 Å². The lowest BCUT2D eigenvalue weighted by Crippen LogP contribution is -2.32. The molecule has 25 heavy (non-hydrogen) atoms. The van der Waals surface area contributed by atoms with E-state index >= 15 is 0 Å². The normalized spacial score (nSPS) is 25.8. The zero-order chi connectivity index (χ0) is 18.0. The van der Waals surface area contributed by atoms with Gasteiger partial charge in [0.15, 0.2) is 11.5 Å². The number of methoxy groups -OCH3 is 1. The van der Waals surface area contributed by atoms with Crippen LogP contribution in [0.1, 0.15) is 22.4 Å². The summed E-state index contributed by atoms with van der Waals surface area (Å²) < 4.78 is 10.2. The van der Waals surface area contributed by atoms with Gasteiger partial charge >= 0.3 is 5.97 Å². The standard InChI is InChI=1S/C17H18N2O6/c1-24-17(23)11-7-10(9-5-3-2-4-6-9)18-16(19-11)15-14(22)13(21)12(8-20)25-15/h2-7,12-15,20-22H,8H2,1H3/t12-,13-,14-,15-/m1/s1. The minimum Gasteiger partial charge on any atom is -0.464 e. The molecule has 1 fully saturated rings. The molecule has 0 spiro atoms.